The highest BCUT2D eigenvalue weighted by molar-refractivity contribution is 6.27. The monoisotopic (exact) mass is 477 g/mol. The molecule has 2 atom stereocenters. The minimum Gasteiger partial charge on any atom is -0.343 e. The molecule has 0 radical (unpaired) electrons. The van der Waals surface area contributed by atoms with Gasteiger partial charge in [-0.2, -0.15) is 14.8 Å². The van der Waals surface area contributed by atoms with E-state index in [2.05, 4.69) is 26.2 Å². The maximum absolute atomic E-state index is 13.2. The third-order valence-corrected chi connectivity index (χ3v) is 7.29. The number of amides is 2. The standard InChI is InChI=1S/C24H24ClN7O2/c25-12-22(33)31-9-2-4-21(31)24(34)30-10-6-15(14-30)19-11-17-16(5-8-26-23(17)29-19)18-13-28-32-20(18)3-1-7-27-32/h1,3,5,7-8,11,13,15,21H,2,4,6,9-10,12,14H2,(H,26,29)/t15?,21-/m0/s1. The SMILES string of the molecule is O=C([C@@H]1CCCN1C(=O)CCl)N1CCC(c2cc3c(-c4cnn5ncccc45)ccnc3[nH]2)C1. The van der Waals surface area contributed by atoms with Crippen LogP contribution in [0.25, 0.3) is 27.7 Å². The van der Waals surface area contributed by atoms with Crippen molar-refractivity contribution in [1.29, 1.82) is 0 Å². The molecule has 2 fully saturated rings. The molecule has 9 nitrogen and oxygen atoms in total. The molecule has 0 bridgehead atoms. The van der Waals surface area contributed by atoms with Crippen LogP contribution in [-0.2, 0) is 9.59 Å². The molecule has 4 aromatic heterocycles. The molecule has 0 aliphatic carbocycles. The first kappa shape index (κ1) is 21.1. The maximum Gasteiger partial charge on any atom is 0.245 e. The van der Waals surface area contributed by atoms with Gasteiger partial charge in [0.25, 0.3) is 0 Å². The van der Waals surface area contributed by atoms with Crippen molar-refractivity contribution >= 4 is 40.0 Å². The lowest BCUT2D eigenvalue weighted by molar-refractivity contribution is -0.141. The van der Waals surface area contributed by atoms with E-state index in [4.69, 9.17) is 11.6 Å². The zero-order chi connectivity index (χ0) is 23.2. The van der Waals surface area contributed by atoms with Crippen LogP contribution < -0.4 is 0 Å². The van der Waals surface area contributed by atoms with E-state index in [1.165, 1.54) is 0 Å². The fourth-order valence-corrected chi connectivity index (χ4v) is 5.52. The van der Waals surface area contributed by atoms with E-state index >= 15 is 0 Å². The fraction of sp³-hybridized carbons (Fsp3) is 0.375. The average molecular weight is 478 g/mol. The smallest absolute Gasteiger partial charge is 0.245 e. The van der Waals surface area contributed by atoms with Crippen LogP contribution in [0.4, 0.5) is 0 Å². The van der Waals surface area contributed by atoms with Crippen molar-refractivity contribution < 1.29 is 9.59 Å². The first-order chi connectivity index (χ1) is 16.6. The Kier molecular flexibility index (Phi) is 5.21. The van der Waals surface area contributed by atoms with Gasteiger partial charge in [-0.05, 0) is 49.1 Å². The number of nitrogens with one attached hydrogen (secondary N) is 1. The van der Waals surface area contributed by atoms with Crippen LogP contribution in [0.2, 0.25) is 0 Å². The van der Waals surface area contributed by atoms with Gasteiger partial charge in [0, 0.05) is 54.6 Å². The topological polar surface area (TPSA) is 99.5 Å². The number of rotatable bonds is 4. The molecule has 0 spiro atoms. The second kappa shape index (κ2) is 8.39. The first-order valence-electron chi connectivity index (χ1n) is 11.6. The number of aromatic amines is 1. The number of fused-ring (bicyclic) bond motifs is 2. The van der Waals surface area contributed by atoms with Gasteiger partial charge in [-0.15, -0.1) is 11.6 Å². The minimum absolute atomic E-state index is 0.0345. The summed E-state index contributed by atoms with van der Waals surface area (Å²) in [5.41, 5.74) is 4.86. The molecule has 10 heteroatoms. The predicted octanol–water partition coefficient (Wildman–Crippen LogP) is 2.82. The molecular weight excluding hydrogens is 454 g/mol. The lowest BCUT2D eigenvalue weighted by atomic mass is 10.0. The largest absolute Gasteiger partial charge is 0.343 e. The van der Waals surface area contributed by atoms with Crippen molar-refractivity contribution in [3.8, 4) is 11.1 Å². The van der Waals surface area contributed by atoms with Gasteiger partial charge >= 0.3 is 0 Å². The number of aromatic nitrogens is 5. The zero-order valence-corrected chi connectivity index (χ0v) is 19.3. The van der Waals surface area contributed by atoms with Crippen LogP contribution >= 0.6 is 11.6 Å². The number of pyridine rings is 1. The highest BCUT2D eigenvalue weighted by Gasteiger charge is 2.39. The molecule has 0 aromatic carbocycles. The number of hydrogen-bond donors (Lipinski definition) is 1. The van der Waals surface area contributed by atoms with E-state index in [9.17, 15) is 9.59 Å². The van der Waals surface area contributed by atoms with Crippen LogP contribution in [-0.4, -0.2) is 78.0 Å². The molecule has 34 heavy (non-hydrogen) atoms. The van der Waals surface area contributed by atoms with Crippen molar-refractivity contribution in [3.63, 3.8) is 0 Å². The lowest BCUT2D eigenvalue weighted by Crippen LogP contribution is -2.47. The van der Waals surface area contributed by atoms with E-state index in [0.29, 0.717) is 26.1 Å². The highest BCUT2D eigenvalue weighted by Crippen LogP contribution is 2.35. The summed E-state index contributed by atoms with van der Waals surface area (Å²) in [5, 5.41) is 9.66. The normalized spacial score (nSPS) is 20.6. The molecular formula is C24H24ClN7O2. The third-order valence-electron chi connectivity index (χ3n) is 7.06. The molecule has 0 saturated carbocycles. The van der Waals surface area contributed by atoms with E-state index in [-0.39, 0.29) is 29.7 Å². The average Bonchev–Trinajstić information content (AvgIpc) is 3.67. The van der Waals surface area contributed by atoms with E-state index < -0.39 is 0 Å². The molecule has 174 valence electrons. The van der Waals surface area contributed by atoms with Gasteiger partial charge < -0.3 is 14.8 Å². The Hall–Kier alpha value is -3.46. The summed E-state index contributed by atoms with van der Waals surface area (Å²) in [6.45, 7) is 1.91. The molecule has 2 aliphatic rings. The van der Waals surface area contributed by atoms with Crippen molar-refractivity contribution in [3.05, 3.63) is 48.5 Å². The number of carbonyl (C=O) groups is 2. The summed E-state index contributed by atoms with van der Waals surface area (Å²) in [6, 6.07) is 7.66. The number of hydrogen-bond acceptors (Lipinski definition) is 5. The Morgan fingerprint density at radius 2 is 2.03 bits per heavy atom. The van der Waals surface area contributed by atoms with Gasteiger partial charge in [-0.1, -0.05) is 0 Å². The van der Waals surface area contributed by atoms with Gasteiger partial charge in [0.1, 0.15) is 17.6 Å². The number of nitrogens with zero attached hydrogens (tertiary/aromatic N) is 6. The van der Waals surface area contributed by atoms with Gasteiger partial charge in [-0.3, -0.25) is 9.59 Å². The lowest BCUT2D eigenvalue weighted by Gasteiger charge is -2.27. The summed E-state index contributed by atoms with van der Waals surface area (Å²) >= 11 is 5.75. The predicted molar refractivity (Wildman–Crippen MR) is 127 cm³/mol. The highest BCUT2D eigenvalue weighted by atomic mass is 35.5. The quantitative estimate of drug-likeness (QED) is 0.456. The van der Waals surface area contributed by atoms with Crippen LogP contribution in [0.5, 0.6) is 0 Å². The third kappa shape index (κ3) is 3.42. The second-order valence-electron chi connectivity index (χ2n) is 8.95. The fourth-order valence-electron chi connectivity index (χ4n) is 5.37. The number of carbonyl (C=O) groups excluding carboxylic acids is 2. The molecule has 1 unspecified atom stereocenters. The summed E-state index contributed by atoms with van der Waals surface area (Å²) in [5.74, 6) is -0.0210. The number of alkyl halides is 1. The van der Waals surface area contributed by atoms with E-state index in [0.717, 1.165) is 46.2 Å². The summed E-state index contributed by atoms with van der Waals surface area (Å²) in [4.78, 5) is 36.9. The van der Waals surface area contributed by atoms with Crippen LogP contribution in [0.3, 0.4) is 0 Å². The van der Waals surface area contributed by atoms with Gasteiger partial charge in [0.05, 0.1) is 11.7 Å². The summed E-state index contributed by atoms with van der Waals surface area (Å²) < 4.78 is 1.62. The Morgan fingerprint density at radius 1 is 1.12 bits per heavy atom. The first-order valence-corrected chi connectivity index (χ1v) is 12.1. The Labute approximate surface area is 200 Å². The Balaban J connectivity index is 1.26. The van der Waals surface area contributed by atoms with Crippen molar-refractivity contribution in [2.75, 3.05) is 25.5 Å². The molecule has 2 saturated heterocycles. The molecule has 4 aromatic rings. The molecule has 1 N–H and O–H groups in total. The number of halogens is 1. The Morgan fingerprint density at radius 3 is 2.91 bits per heavy atom. The van der Waals surface area contributed by atoms with Crippen LogP contribution in [0.15, 0.2) is 42.9 Å². The Bertz CT molecular complexity index is 1400. The minimum atomic E-state index is -0.384. The van der Waals surface area contributed by atoms with Crippen molar-refractivity contribution in [1.82, 2.24) is 34.6 Å². The van der Waals surface area contributed by atoms with Crippen molar-refractivity contribution in [2.45, 2.75) is 31.2 Å². The van der Waals surface area contributed by atoms with E-state index in [1.807, 2.05) is 29.3 Å². The number of likely N-dealkylation sites (tertiary alicyclic amines) is 2. The molecule has 6 rings (SSSR count). The zero-order valence-electron chi connectivity index (χ0n) is 18.5. The van der Waals surface area contributed by atoms with Gasteiger partial charge in [0.15, 0.2) is 0 Å². The molecule has 2 aliphatic heterocycles. The van der Waals surface area contributed by atoms with Gasteiger partial charge in [0.2, 0.25) is 11.8 Å². The molecule has 6 heterocycles. The van der Waals surface area contributed by atoms with Gasteiger partial charge in [-0.25, -0.2) is 4.98 Å². The summed E-state index contributed by atoms with van der Waals surface area (Å²) in [6.07, 6.45) is 7.75. The van der Waals surface area contributed by atoms with Crippen molar-refractivity contribution in [2.24, 2.45) is 0 Å². The van der Waals surface area contributed by atoms with Crippen LogP contribution in [0, 0.1) is 0 Å². The second-order valence-corrected chi connectivity index (χ2v) is 9.22. The van der Waals surface area contributed by atoms with E-state index in [1.54, 1.807) is 21.9 Å². The van der Waals surface area contributed by atoms with Crippen LogP contribution in [0.1, 0.15) is 30.9 Å². The molecule has 2 amide bonds. The number of H-pyrrole nitrogens is 1. The maximum atomic E-state index is 13.2. The summed E-state index contributed by atoms with van der Waals surface area (Å²) in [7, 11) is 0.